The van der Waals surface area contributed by atoms with Gasteiger partial charge in [0.2, 0.25) is 0 Å². The molecule has 15 heavy (non-hydrogen) atoms. The van der Waals surface area contributed by atoms with Gasteiger partial charge in [-0.25, -0.2) is 0 Å². The van der Waals surface area contributed by atoms with E-state index in [9.17, 15) is 4.79 Å². The van der Waals surface area contributed by atoms with E-state index in [1.165, 1.54) is 0 Å². The van der Waals surface area contributed by atoms with E-state index < -0.39 is 5.97 Å². The number of benzene rings is 1. The summed E-state index contributed by atoms with van der Waals surface area (Å²) in [5, 5.41) is 15.6. The second kappa shape index (κ2) is 4.95. The van der Waals surface area contributed by atoms with E-state index >= 15 is 0 Å². The van der Waals surface area contributed by atoms with E-state index in [1.807, 2.05) is 0 Å². The topological polar surface area (TPSA) is 87.2 Å². The van der Waals surface area contributed by atoms with Gasteiger partial charge < -0.3 is 10.8 Å². The van der Waals surface area contributed by atoms with Gasteiger partial charge in [-0.05, 0) is 5.56 Å². The lowest BCUT2D eigenvalue weighted by molar-refractivity contribution is -0.135. The minimum atomic E-state index is -0.855. The van der Waals surface area contributed by atoms with Crippen molar-refractivity contribution in [3.05, 3.63) is 41.5 Å². The predicted molar refractivity (Wildman–Crippen MR) is 58.7 cm³/mol. The van der Waals surface area contributed by atoms with Gasteiger partial charge in [-0.3, -0.25) is 10.2 Å². The Bertz CT molecular complexity index is 394. The van der Waals surface area contributed by atoms with Gasteiger partial charge >= 0.3 is 5.97 Å². The molecule has 0 radical (unpaired) electrons. The molecule has 1 aromatic carbocycles. The first-order valence-electron chi connectivity index (χ1n) is 4.42. The standard InChI is InChI=1S/C11H12N2O2/c12-11(13)9-6-4-8(5-7-9)2-1-3-10(14)15/h1-2,4-7H,3H2,(H3,12,13)(H,14,15). The summed E-state index contributed by atoms with van der Waals surface area (Å²) in [6.07, 6.45) is 3.30. The quantitative estimate of drug-likeness (QED) is 0.512. The van der Waals surface area contributed by atoms with Crippen LogP contribution in [0.4, 0.5) is 0 Å². The Morgan fingerprint density at radius 1 is 1.40 bits per heavy atom. The number of rotatable bonds is 4. The summed E-state index contributed by atoms with van der Waals surface area (Å²) in [5.41, 5.74) is 6.84. The average Bonchev–Trinajstić information content (AvgIpc) is 2.18. The third kappa shape index (κ3) is 3.64. The number of amidine groups is 1. The Morgan fingerprint density at radius 2 is 2.00 bits per heavy atom. The van der Waals surface area contributed by atoms with Crippen LogP contribution >= 0.6 is 0 Å². The van der Waals surface area contributed by atoms with Gasteiger partial charge in [-0.15, -0.1) is 0 Å². The zero-order valence-corrected chi connectivity index (χ0v) is 8.10. The molecule has 0 atom stereocenters. The van der Waals surface area contributed by atoms with Gasteiger partial charge in [0.05, 0.1) is 6.42 Å². The summed E-state index contributed by atoms with van der Waals surface area (Å²) in [7, 11) is 0. The number of aliphatic carboxylic acids is 1. The summed E-state index contributed by atoms with van der Waals surface area (Å²) in [4.78, 5) is 10.2. The Labute approximate surface area is 87.5 Å². The van der Waals surface area contributed by atoms with Crippen molar-refractivity contribution < 1.29 is 9.90 Å². The van der Waals surface area contributed by atoms with Crippen LogP contribution < -0.4 is 5.73 Å². The number of carboxylic acid groups (broad SMARTS) is 1. The van der Waals surface area contributed by atoms with Crippen molar-refractivity contribution in [1.29, 1.82) is 5.41 Å². The van der Waals surface area contributed by atoms with Gasteiger partial charge in [-0.1, -0.05) is 36.4 Å². The summed E-state index contributed by atoms with van der Waals surface area (Å²) in [6.45, 7) is 0. The lowest BCUT2D eigenvalue weighted by atomic mass is 10.1. The summed E-state index contributed by atoms with van der Waals surface area (Å²) in [6, 6.07) is 7.02. The molecule has 4 nitrogen and oxygen atoms in total. The molecule has 78 valence electrons. The van der Waals surface area contributed by atoms with Crippen LogP contribution in [-0.4, -0.2) is 16.9 Å². The summed E-state index contributed by atoms with van der Waals surface area (Å²) < 4.78 is 0. The number of carboxylic acids is 1. The van der Waals surface area contributed by atoms with Crippen LogP contribution in [0.5, 0.6) is 0 Å². The van der Waals surface area contributed by atoms with Crippen LogP contribution in [0.1, 0.15) is 17.5 Å². The first-order valence-corrected chi connectivity index (χ1v) is 4.42. The highest BCUT2D eigenvalue weighted by Crippen LogP contribution is 2.06. The second-order valence-electron chi connectivity index (χ2n) is 3.04. The molecular weight excluding hydrogens is 192 g/mol. The molecule has 0 saturated carbocycles. The average molecular weight is 204 g/mol. The molecule has 0 fully saturated rings. The highest BCUT2D eigenvalue weighted by molar-refractivity contribution is 5.95. The molecule has 0 aliphatic heterocycles. The third-order valence-electron chi connectivity index (χ3n) is 1.82. The van der Waals surface area contributed by atoms with Crippen molar-refractivity contribution in [3.8, 4) is 0 Å². The fourth-order valence-corrected chi connectivity index (χ4v) is 1.07. The third-order valence-corrected chi connectivity index (χ3v) is 1.82. The molecule has 0 spiro atoms. The minimum Gasteiger partial charge on any atom is -0.481 e. The fourth-order valence-electron chi connectivity index (χ4n) is 1.07. The van der Waals surface area contributed by atoms with Crippen LogP contribution in [0.2, 0.25) is 0 Å². The Hall–Kier alpha value is -2.10. The Balaban J connectivity index is 2.68. The molecule has 0 unspecified atom stereocenters. The van der Waals surface area contributed by atoms with Crippen molar-refractivity contribution in [1.82, 2.24) is 0 Å². The molecule has 0 bridgehead atoms. The molecule has 0 aliphatic rings. The molecule has 1 aromatic rings. The van der Waals surface area contributed by atoms with Crippen LogP contribution in [-0.2, 0) is 4.79 Å². The van der Waals surface area contributed by atoms with Crippen LogP contribution in [0.3, 0.4) is 0 Å². The zero-order valence-electron chi connectivity index (χ0n) is 8.10. The smallest absolute Gasteiger partial charge is 0.307 e. The molecule has 0 heterocycles. The zero-order chi connectivity index (χ0) is 11.3. The molecule has 1 rings (SSSR count). The van der Waals surface area contributed by atoms with Crippen molar-refractivity contribution in [2.24, 2.45) is 5.73 Å². The molecule has 0 amide bonds. The molecule has 4 N–H and O–H groups in total. The number of nitrogen functional groups attached to an aromatic ring is 1. The van der Waals surface area contributed by atoms with Crippen molar-refractivity contribution in [2.75, 3.05) is 0 Å². The monoisotopic (exact) mass is 204 g/mol. The van der Waals surface area contributed by atoms with Crippen molar-refractivity contribution in [3.63, 3.8) is 0 Å². The first-order chi connectivity index (χ1) is 7.09. The lowest BCUT2D eigenvalue weighted by Gasteiger charge is -1.98. The Kier molecular flexibility index (Phi) is 3.62. The minimum absolute atomic E-state index is 0.00839. The lowest BCUT2D eigenvalue weighted by Crippen LogP contribution is -2.10. The maximum atomic E-state index is 10.2. The second-order valence-corrected chi connectivity index (χ2v) is 3.04. The molecule has 4 heteroatoms. The first kappa shape index (κ1) is 11.0. The number of hydrogen-bond acceptors (Lipinski definition) is 2. The number of carbonyl (C=O) groups is 1. The van der Waals surface area contributed by atoms with Crippen LogP contribution in [0.25, 0.3) is 6.08 Å². The number of nitrogens with two attached hydrogens (primary N) is 1. The van der Waals surface area contributed by atoms with Gasteiger partial charge in [-0.2, -0.15) is 0 Å². The van der Waals surface area contributed by atoms with Gasteiger partial charge in [0.25, 0.3) is 0 Å². The maximum absolute atomic E-state index is 10.2. The Morgan fingerprint density at radius 3 is 2.47 bits per heavy atom. The van der Waals surface area contributed by atoms with E-state index in [0.29, 0.717) is 5.56 Å². The van der Waals surface area contributed by atoms with E-state index in [2.05, 4.69) is 0 Å². The predicted octanol–water partition coefficient (Wildman–Crippen LogP) is 1.46. The van der Waals surface area contributed by atoms with E-state index in [-0.39, 0.29) is 12.3 Å². The van der Waals surface area contributed by atoms with Crippen LogP contribution in [0, 0.1) is 5.41 Å². The molecule has 0 aliphatic carbocycles. The van der Waals surface area contributed by atoms with Crippen molar-refractivity contribution >= 4 is 17.9 Å². The van der Waals surface area contributed by atoms with Crippen molar-refractivity contribution in [2.45, 2.75) is 6.42 Å². The van der Waals surface area contributed by atoms with E-state index in [0.717, 1.165) is 5.56 Å². The van der Waals surface area contributed by atoms with E-state index in [4.69, 9.17) is 16.2 Å². The summed E-state index contributed by atoms with van der Waals surface area (Å²) in [5.74, 6) is -0.831. The molecular formula is C11H12N2O2. The van der Waals surface area contributed by atoms with Crippen LogP contribution in [0.15, 0.2) is 30.3 Å². The number of nitrogens with one attached hydrogen (secondary N) is 1. The summed E-state index contributed by atoms with van der Waals surface area (Å²) >= 11 is 0. The van der Waals surface area contributed by atoms with E-state index in [1.54, 1.807) is 36.4 Å². The SMILES string of the molecule is N=C(N)c1ccc(C=CCC(=O)O)cc1. The highest BCUT2D eigenvalue weighted by atomic mass is 16.4. The van der Waals surface area contributed by atoms with Gasteiger partial charge in [0, 0.05) is 5.56 Å². The normalized spacial score (nSPS) is 10.4. The highest BCUT2D eigenvalue weighted by Gasteiger charge is 1.95. The largest absolute Gasteiger partial charge is 0.481 e. The van der Waals surface area contributed by atoms with Gasteiger partial charge in [0.15, 0.2) is 0 Å². The maximum Gasteiger partial charge on any atom is 0.307 e. The fraction of sp³-hybridized carbons (Fsp3) is 0.0909. The molecule has 0 aromatic heterocycles. The number of hydrogen-bond donors (Lipinski definition) is 3. The van der Waals surface area contributed by atoms with Gasteiger partial charge in [0.1, 0.15) is 5.84 Å². The molecule has 0 saturated heterocycles.